The SMILES string of the molecule is Brc1ccc2c(c1)CN1CCOCCC1=N2. The van der Waals surface area contributed by atoms with Gasteiger partial charge < -0.3 is 9.64 Å². The maximum Gasteiger partial charge on any atom is 0.107 e. The number of rotatable bonds is 0. The lowest BCUT2D eigenvalue weighted by molar-refractivity contribution is 0.141. The molecule has 0 atom stereocenters. The number of fused-ring (bicyclic) bond motifs is 2. The van der Waals surface area contributed by atoms with Gasteiger partial charge in [-0.05, 0) is 23.8 Å². The van der Waals surface area contributed by atoms with Crippen LogP contribution in [0, 0.1) is 0 Å². The highest BCUT2D eigenvalue weighted by atomic mass is 79.9. The monoisotopic (exact) mass is 280 g/mol. The molecular formula is C12H13BrN2O. The maximum absolute atomic E-state index is 5.48. The van der Waals surface area contributed by atoms with Crippen LogP contribution in [0.5, 0.6) is 0 Å². The van der Waals surface area contributed by atoms with Gasteiger partial charge in [0.2, 0.25) is 0 Å². The first-order chi connectivity index (χ1) is 7.83. The van der Waals surface area contributed by atoms with Crippen molar-refractivity contribution < 1.29 is 4.74 Å². The summed E-state index contributed by atoms with van der Waals surface area (Å²) in [6, 6.07) is 6.28. The largest absolute Gasteiger partial charge is 0.379 e. The van der Waals surface area contributed by atoms with Crippen molar-refractivity contribution in [2.45, 2.75) is 13.0 Å². The van der Waals surface area contributed by atoms with Crippen LogP contribution < -0.4 is 0 Å². The lowest BCUT2D eigenvalue weighted by Crippen LogP contribution is -2.33. The van der Waals surface area contributed by atoms with Gasteiger partial charge in [0.05, 0.1) is 18.9 Å². The van der Waals surface area contributed by atoms with Gasteiger partial charge in [-0.25, -0.2) is 4.99 Å². The van der Waals surface area contributed by atoms with Crippen molar-refractivity contribution >= 4 is 27.5 Å². The van der Waals surface area contributed by atoms with Crippen LogP contribution in [0.4, 0.5) is 5.69 Å². The second kappa shape index (κ2) is 4.18. The number of aliphatic imine (C=N–C) groups is 1. The Bertz CT molecular complexity index is 445. The van der Waals surface area contributed by atoms with Gasteiger partial charge in [0.15, 0.2) is 0 Å². The molecule has 0 spiro atoms. The van der Waals surface area contributed by atoms with E-state index in [1.165, 1.54) is 11.4 Å². The molecule has 0 saturated carbocycles. The van der Waals surface area contributed by atoms with Gasteiger partial charge in [0, 0.05) is 24.0 Å². The Morgan fingerprint density at radius 3 is 3.19 bits per heavy atom. The molecule has 2 aliphatic heterocycles. The first kappa shape index (κ1) is 10.3. The molecule has 0 unspecified atom stereocenters. The van der Waals surface area contributed by atoms with Crippen molar-refractivity contribution in [1.82, 2.24) is 4.90 Å². The van der Waals surface area contributed by atoms with E-state index in [0.29, 0.717) is 0 Å². The van der Waals surface area contributed by atoms with Gasteiger partial charge >= 0.3 is 0 Å². The summed E-state index contributed by atoms with van der Waals surface area (Å²) in [6.07, 6.45) is 0.926. The minimum absolute atomic E-state index is 0.793. The molecule has 1 aromatic carbocycles. The van der Waals surface area contributed by atoms with Gasteiger partial charge in [-0.1, -0.05) is 15.9 Å². The van der Waals surface area contributed by atoms with E-state index in [2.05, 4.69) is 33.0 Å². The average Bonchev–Trinajstić information content (AvgIpc) is 2.50. The van der Waals surface area contributed by atoms with Crippen LogP contribution in [0.1, 0.15) is 12.0 Å². The van der Waals surface area contributed by atoms with E-state index in [1.54, 1.807) is 0 Å². The lowest BCUT2D eigenvalue weighted by atomic mass is 10.1. The second-order valence-electron chi connectivity index (χ2n) is 4.08. The fourth-order valence-electron chi connectivity index (χ4n) is 2.16. The first-order valence-corrected chi connectivity index (χ1v) is 6.31. The third-order valence-electron chi connectivity index (χ3n) is 2.99. The minimum atomic E-state index is 0.793. The zero-order chi connectivity index (χ0) is 11.0. The molecular weight excluding hydrogens is 268 g/mol. The standard InChI is InChI=1S/C12H13BrN2O/c13-10-1-2-11-9(7-10)8-15-4-6-16-5-3-12(15)14-11/h1-2,7H,3-6,8H2. The van der Waals surface area contributed by atoms with Crippen LogP contribution in [0.3, 0.4) is 0 Å². The number of hydrogen-bond donors (Lipinski definition) is 0. The Kier molecular flexibility index (Phi) is 2.69. The molecule has 1 fully saturated rings. The Morgan fingerprint density at radius 1 is 1.31 bits per heavy atom. The molecule has 0 bridgehead atoms. The van der Waals surface area contributed by atoms with Crippen molar-refractivity contribution in [3.05, 3.63) is 28.2 Å². The summed E-state index contributed by atoms with van der Waals surface area (Å²) in [7, 11) is 0. The molecule has 0 N–H and O–H groups in total. The van der Waals surface area contributed by atoms with Crippen molar-refractivity contribution in [2.75, 3.05) is 19.8 Å². The predicted octanol–water partition coefficient (Wildman–Crippen LogP) is 2.72. The molecule has 1 aromatic rings. The summed E-state index contributed by atoms with van der Waals surface area (Å²) in [5.74, 6) is 1.17. The van der Waals surface area contributed by atoms with E-state index in [0.717, 1.165) is 42.9 Å². The summed E-state index contributed by atoms with van der Waals surface area (Å²) in [6.45, 7) is 3.51. The molecule has 1 saturated heterocycles. The van der Waals surface area contributed by atoms with E-state index >= 15 is 0 Å². The third-order valence-corrected chi connectivity index (χ3v) is 3.49. The molecule has 2 aliphatic rings. The molecule has 84 valence electrons. The Balaban J connectivity index is 1.99. The highest BCUT2D eigenvalue weighted by Gasteiger charge is 2.21. The molecule has 0 aromatic heterocycles. The molecule has 3 nitrogen and oxygen atoms in total. The van der Waals surface area contributed by atoms with Crippen LogP contribution in [0.25, 0.3) is 0 Å². The highest BCUT2D eigenvalue weighted by molar-refractivity contribution is 9.10. The lowest BCUT2D eigenvalue weighted by Gasteiger charge is -2.28. The highest BCUT2D eigenvalue weighted by Crippen LogP contribution is 2.29. The number of amidine groups is 1. The van der Waals surface area contributed by atoms with E-state index in [-0.39, 0.29) is 0 Å². The van der Waals surface area contributed by atoms with E-state index in [1.807, 2.05) is 6.07 Å². The Hall–Kier alpha value is -0.870. The molecule has 16 heavy (non-hydrogen) atoms. The Morgan fingerprint density at radius 2 is 2.25 bits per heavy atom. The van der Waals surface area contributed by atoms with Crippen molar-refractivity contribution in [2.24, 2.45) is 4.99 Å². The van der Waals surface area contributed by atoms with Gasteiger partial charge in [-0.15, -0.1) is 0 Å². The number of ether oxygens (including phenoxy) is 1. The topological polar surface area (TPSA) is 24.8 Å². The predicted molar refractivity (Wildman–Crippen MR) is 67.1 cm³/mol. The maximum atomic E-state index is 5.48. The number of hydrogen-bond acceptors (Lipinski definition) is 3. The summed E-state index contributed by atoms with van der Waals surface area (Å²) in [5.41, 5.74) is 2.40. The zero-order valence-corrected chi connectivity index (χ0v) is 10.5. The van der Waals surface area contributed by atoms with E-state index in [4.69, 9.17) is 9.73 Å². The van der Waals surface area contributed by atoms with E-state index in [9.17, 15) is 0 Å². The van der Waals surface area contributed by atoms with Crippen LogP contribution >= 0.6 is 15.9 Å². The fourth-order valence-corrected chi connectivity index (χ4v) is 2.57. The van der Waals surface area contributed by atoms with Gasteiger partial charge in [-0.3, -0.25) is 0 Å². The van der Waals surface area contributed by atoms with Crippen LogP contribution in [-0.2, 0) is 11.3 Å². The third kappa shape index (κ3) is 1.87. The zero-order valence-electron chi connectivity index (χ0n) is 8.95. The van der Waals surface area contributed by atoms with Crippen LogP contribution in [0.15, 0.2) is 27.7 Å². The van der Waals surface area contributed by atoms with Crippen LogP contribution in [0.2, 0.25) is 0 Å². The quantitative estimate of drug-likeness (QED) is 0.730. The molecule has 0 amide bonds. The summed E-state index contributed by atoms with van der Waals surface area (Å²) < 4.78 is 6.60. The van der Waals surface area contributed by atoms with Crippen molar-refractivity contribution in [3.63, 3.8) is 0 Å². The Labute approximate surface area is 103 Å². The normalized spacial score (nSPS) is 19.6. The van der Waals surface area contributed by atoms with Crippen LogP contribution in [-0.4, -0.2) is 30.5 Å². The second-order valence-corrected chi connectivity index (χ2v) is 5.00. The smallest absolute Gasteiger partial charge is 0.107 e. The van der Waals surface area contributed by atoms with Gasteiger partial charge in [-0.2, -0.15) is 0 Å². The van der Waals surface area contributed by atoms with Gasteiger partial charge in [0.25, 0.3) is 0 Å². The average molecular weight is 281 g/mol. The summed E-state index contributed by atoms with van der Waals surface area (Å²) >= 11 is 3.50. The first-order valence-electron chi connectivity index (χ1n) is 5.51. The fraction of sp³-hybridized carbons (Fsp3) is 0.417. The van der Waals surface area contributed by atoms with Gasteiger partial charge in [0.1, 0.15) is 5.84 Å². The van der Waals surface area contributed by atoms with E-state index < -0.39 is 0 Å². The molecule has 0 aliphatic carbocycles. The molecule has 0 radical (unpaired) electrons. The number of nitrogens with zero attached hydrogens (tertiary/aromatic N) is 2. The molecule has 2 heterocycles. The van der Waals surface area contributed by atoms with Crippen molar-refractivity contribution in [3.8, 4) is 0 Å². The summed E-state index contributed by atoms with van der Waals surface area (Å²) in [4.78, 5) is 7.03. The molecule has 3 rings (SSSR count). The molecule has 4 heteroatoms. The summed E-state index contributed by atoms with van der Waals surface area (Å²) in [5, 5.41) is 0. The van der Waals surface area contributed by atoms with Crippen molar-refractivity contribution in [1.29, 1.82) is 0 Å². The minimum Gasteiger partial charge on any atom is -0.379 e. The number of halogens is 1. The number of benzene rings is 1.